The molecular formula is C9H13N3O2. The molecule has 1 saturated heterocycles. The van der Waals surface area contributed by atoms with Crippen LogP contribution in [0.1, 0.15) is 12.1 Å². The van der Waals surface area contributed by atoms with E-state index in [1.165, 1.54) is 7.11 Å². The van der Waals surface area contributed by atoms with Gasteiger partial charge in [-0.05, 0) is 13.0 Å². The molecule has 0 aliphatic carbocycles. The van der Waals surface area contributed by atoms with Crippen molar-refractivity contribution in [3.63, 3.8) is 0 Å². The van der Waals surface area contributed by atoms with E-state index in [1.54, 1.807) is 12.4 Å². The third-order valence-corrected chi connectivity index (χ3v) is 2.43. The van der Waals surface area contributed by atoms with Crippen molar-refractivity contribution < 1.29 is 9.84 Å². The Kier molecular flexibility index (Phi) is 2.35. The molecule has 2 heterocycles. The van der Waals surface area contributed by atoms with Gasteiger partial charge in [-0.1, -0.05) is 0 Å². The van der Waals surface area contributed by atoms with E-state index in [4.69, 9.17) is 4.74 Å². The van der Waals surface area contributed by atoms with Crippen LogP contribution in [0.15, 0.2) is 12.4 Å². The normalized spacial score (nSPS) is 26.4. The highest BCUT2D eigenvalue weighted by Gasteiger charge is 2.37. The SMILES string of the molecule is COc1nccnc1C1(O)CCNC1. The molecule has 76 valence electrons. The maximum absolute atomic E-state index is 10.2. The number of aromatic nitrogens is 2. The van der Waals surface area contributed by atoms with E-state index in [0.29, 0.717) is 24.5 Å². The number of nitrogens with one attached hydrogen (secondary N) is 1. The lowest BCUT2D eigenvalue weighted by Gasteiger charge is -2.21. The number of β-amino-alcohol motifs (C(OH)–C–C–N with tert-alkyl or cyclic N) is 1. The Labute approximate surface area is 82.1 Å². The molecule has 1 aromatic heterocycles. The molecule has 0 bridgehead atoms. The molecular weight excluding hydrogens is 182 g/mol. The van der Waals surface area contributed by atoms with Crippen LogP contribution in [0.25, 0.3) is 0 Å². The topological polar surface area (TPSA) is 67.3 Å². The molecule has 1 aromatic rings. The molecule has 0 radical (unpaired) electrons. The molecule has 2 rings (SSSR count). The van der Waals surface area contributed by atoms with Crippen molar-refractivity contribution in [1.29, 1.82) is 0 Å². The first-order valence-corrected chi connectivity index (χ1v) is 4.55. The smallest absolute Gasteiger partial charge is 0.238 e. The predicted molar refractivity (Wildman–Crippen MR) is 50.0 cm³/mol. The second kappa shape index (κ2) is 3.51. The zero-order valence-corrected chi connectivity index (χ0v) is 8.03. The molecule has 0 saturated carbocycles. The quantitative estimate of drug-likeness (QED) is 0.676. The van der Waals surface area contributed by atoms with E-state index in [2.05, 4.69) is 15.3 Å². The van der Waals surface area contributed by atoms with E-state index in [0.717, 1.165) is 6.54 Å². The molecule has 0 amide bonds. The van der Waals surface area contributed by atoms with E-state index in [-0.39, 0.29) is 0 Å². The Morgan fingerprint density at radius 3 is 2.93 bits per heavy atom. The summed E-state index contributed by atoms with van der Waals surface area (Å²) in [7, 11) is 1.53. The van der Waals surface area contributed by atoms with E-state index >= 15 is 0 Å². The number of methoxy groups -OCH3 is 1. The number of nitrogens with zero attached hydrogens (tertiary/aromatic N) is 2. The summed E-state index contributed by atoms with van der Waals surface area (Å²) in [6, 6.07) is 0. The van der Waals surface area contributed by atoms with Gasteiger partial charge in [0.1, 0.15) is 11.3 Å². The molecule has 1 atom stereocenters. The van der Waals surface area contributed by atoms with Crippen molar-refractivity contribution >= 4 is 0 Å². The van der Waals surface area contributed by atoms with Crippen molar-refractivity contribution in [1.82, 2.24) is 15.3 Å². The Hall–Kier alpha value is -1.20. The van der Waals surface area contributed by atoms with E-state index in [1.807, 2.05) is 0 Å². The monoisotopic (exact) mass is 195 g/mol. The van der Waals surface area contributed by atoms with Crippen LogP contribution >= 0.6 is 0 Å². The van der Waals surface area contributed by atoms with Gasteiger partial charge in [0, 0.05) is 18.9 Å². The third-order valence-electron chi connectivity index (χ3n) is 2.43. The third kappa shape index (κ3) is 1.44. The maximum Gasteiger partial charge on any atom is 0.238 e. The second-order valence-electron chi connectivity index (χ2n) is 3.37. The van der Waals surface area contributed by atoms with Gasteiger partial charge in [-0.3, -0.25) is 4.98 Å². The molecule has 0 spiro atoms. The molecule has 0 aromatic carbocycles. The average molecular weight is 195 g/mol. The van der Waals surface area contributed by atoms with Gasteiger partial charge in [0.05, 0.1) is 7.11 Å². The summed E-state index contributed by atoms with van der Waals surface area (Å²) < 4.78 is 5.06. The molecule has 1 aliphatic heterocycles. The van der Waals surface area contributed by atoms with Crippen LogP contribution in [-0.4, -0.2) is 35.3 Å². The van der Waals surface area contributed by atoms with Gasteiger partial charge in [0.15, 0.2) is 0 Å². The fourth-order valence-electron chi connectivity index (χ4n) is 1.67. The highest BCUT2D eigenvalue weighted by molar-refractivity contribution is 5.25. The van der Waals surface area contributed by atoms with Crippen molar-refractivity contribution in [3.05, 3.63) is 18.1 Å². The number of ether oxygens (including phenoxy) is 1. The summed E-state index contributed by atoms with van der Waals surface area (Å²) in [5, 5.41) is 13.3. The van der Waals surface area contributed by atoms with Crippen LogP contribution < -0.4 is 10.1 Å². The van der Waals surface area contributed by atoms with E-state index < -0.39 is 5.60 Å². The van der Waals surface area contributed by atoms with Gasteiger partial charge >= 0.3 is 0 Å². The van der Waals surface area contributed by atoms with Crippen LogP contribution in [0.5, 0.6) is 5.88 Å². The van der Waals surface area contributed by atoms with Gasteiger partial charge < -0.3 is 15.2 Å². The first-order valence-electron chi connectivity index (χ1n) is 4.55. The predicted octanol–water partition coefficient (Wildman–Crippen LogP) is -0.334. The Balaban J connectivity index is 2.39. The van der Waals surface area contributed by atoms with Gasteiger partial charge in [-0.25, -0.2) is 4.98 Å². The second-order valence-corrected chi connectivity index (χ2v) is 3.37. The van der Waals surface area contributed by atoms with Gasteiger partial charge in [0.25, 0.3) is 0 Å². The molecule has 1 aliphatic rings. The Morgan fingerprint density at radius 1 is 1.50 bits per heavy atom. The molecule has 14 heavy (non-hydrogen) atoms. The first kappa shape index (κ1) is 9.36. The lowest BCUT2D eigenvalue weighted by Crippen LogP contribution is -2.30. The molecule has 5 nitrogen and oxygen atoms in total. The zero-order valence-electron chi connectivity index (χ0n) is 8.03. The Bertz CT molecular complexity index is 324. The van der Waals surface area contributed by atoms with Gasteiger partial charge in [0.2, 0.25) is 5.88 Å². The zero-order chi connectivity index (χ0) is 10.0. The van der Waals surface area contributed by atoms with Crippen molar-refractivity contribution in [2.24, 2.45) is 0 Å². The largest absolute Gasteiger partial charge is 0.480 e. The highest BCUT2D eigenvalue weighted by Crippen LogP contribution is 2.30. The highest BCUT2D eigenvalue weighted by atomic mass is 16.5. The average Bonchev–Trinajstić information content (AvgIpc) is 2.66. The lowest BCUT2D eigenvalue weighted by atomic mass is 9.99. The fourth-order valence-corrected chi connectivity index (χ4v) is 1.67. The molecule has 5 heteroatoms. The summed E-state index contributed by atoms with van der Waals surface area (Å²) in [4.78, 5) is 8.14. The van der Waals surface area contributed by atoms with Crippen LogP contribution in [0, 0.1) is 0 Å². The number of aliphatic hydroxyl groups is 1. The standard InChI is InChI=1S/C9H13N3O2/c1-14-8-7(11-4-5-12-8)9(13)2-3-10-6-9/h4-5,10,13H,2-3,6H2,1H3. The van der Waals surface area contributed by atoms with Crippen molar-refractivity contribution in [2.75, 3.05) is 20.2 Å². The lowest BCUT2D eigenvalue weighted by molar-refractivity contribution is 0.0505. The minimum absolute atomic E-state index is 0.402. The maximum atomic E-state index is 10.2. The van der Waals surface area contributed by atoms with Gasteiger partial charge in [-0.15, -0.1) is 0 Å². The van der Waals surface area contributed by atoms with Crippen LogP contribution in [0.4, 0.5) is 0 Å². The first-order chi connectivity index (χ1) is 6.76. The minimum atomic E-state index is -0.931. The van der Waals surface area contributed by atoms with Crippen LogP contribution in [0.2, 0.25) is 0 Å². The Morgan fingerprint density at radius 2 is 2.29 bits per heavy atom. The van der Waals surface area contributed by atoms with Gasteiger partial charge in [-0.2, -0.15) is 0 Å². The molecule has 2 N–H and O–H groups in total. The van der Waals surface area contributed by atoms with Crippen molar-refractivity contribution in [3.8, 4) is 5.88 Å². The number of hydrogen-bond acceptors (Lipinski definition) is 5. The summed E-state index contributed by atoms with van der Waals surface area (Å²) in [5.41, 5.74) is -0.410. The molecule has 1 fully saturated rings. The van der Waals surface area contributed by atoms with Crippen LogP contribution in [0.3, 0.4) is 0 Å². The number of rotatable bonds is 2. The molecule has 1 unspecified atom stereocenters. The van der Waals surface area contributed by atoms with Crippen molar-refractivity contribution in [2.45, 2.75) is 12.0 Å². The fraction of sp³-hybridized carbons (Fsp3) is 0.556. The van der Waals surface area contributed by atoms with Crippen LogP contribution in [-0.2, 0) is 5.60 Å². The minimum Gasteiger partial charge on any atom is -0.480 e. The summed E-state index contributed by atoms with van der Waals surface area (Å²) in [5.74, 6) is 0.402. The summed E-state index contributed by atoms with van der Waals surface area (Å²) in [6.45, 7) is 1.29. The summed E-state index contributed by atoms with van der Waals surface area (Å²) >= 11 is 0. The summed E-state index contributed by atoms with van der Waals surface area (Å²) in [6.07, 6.45) is 3.75. The van der Waals surface area contributed by atoms with E-state index in [9.17, 15) is 5.11 Å². The number of hydrogen-bond donors (Lipinski definition) is 2.